The van der Waals surface area contributed by atoms with Crippen LogP contribution in [-0.2, 0) is 11.4 Å². The van der Waals surface area contributed by atoms with Crippen LogP contribution in [0.5, 0.6) is 5.75 Å². The molecule has 2 aromatic rings. The van der Waals surface area contributed by atoms with Crippen molar-refractivity contribution in [3.8, 4) is 5.75 Å². The zero-order valence-electron chi connectivity index (χ0n) is 10.6. The Labute approximate surface area is 115 Å². The highest BCUT2D eigenvalue weighted by molar-refractivity contribution is 6.02. The smallest absolute Gasteiger partial charge is 0.245 e. The summed E-state index contributed by atoms with van der Waals surface area (Å²) in [6.07, 6.45) is 0. The van der Waals surface area contributed by atoms with Crippen LogP contribution in [0.25, 0.3) is 0 Å². The maximum absolute atomic E-state index is 13.5. The van der Waals surface area contributed by atoms with Crippen molar-refractivity contribution in [1.82, 2.24) is 0 Å². The first-order valence-electron chi connectivity index (χ1n) is 6.22. The van der Waals surface area contributed by atoms with Gasteiger partial charge in [-0.05, 0) is 12.1 Å². The third-order valence-electron chi connectivity index (χ3n) is 3.25. The lowest BCUT2D eigenvalue weighted by molar-refractivity contribution is -0.116. The molecule has 0 aromatic heterocycles. The molecule has 0 spiro atoms. The van der Waals surface area contributed by atoms with E-state index in [0.29, 0.717) is 17.0 Å². The van der Waals surface area contributed by atoms with E-state index in [1.807, 2.05) is 0 Å². The van der Waals surface area contributed by atoms with Crippen molar-refractivity contribution < 1.29 is 13.9 Å². The maximum atomic E-state index is 13.5. The number of carbonyl (C=O) groups is 1. The minimum atomic E-state index is -0.634. The fourth-order valence-electron chi connectivity index (χ4n) is 2.13. The molecule has 1 aliphatic rings. The summed E-state index contributed by atoms with van der Waals surface area (Å²) in [4.78, 5) is 11.4. The van der Waals surface area contributed by atoms with E-state index in [1.54, 1.807) is 36.4 Å². The second-order valence-corrected chi connectivity index (χ2v) is 4.60. The van der Waals surface area contributed by atoms with Gasteiger partial charge in [-0.15, -0.1) is 0 Å². The SMILES string of the molecule is NC1C(=O)Nc2cc(OCc3ccccc3F)ccc21. The number of benzene rings is 2. The average Bonchev–Trinajstić information content (AvgIpc) is 2.73. The summed E-state index contributed by atoms with van der Waals surface area (Å²) in [7, 11) is 0. The molecule has 5 heteroatoms. The summed E-state index contributed by atoms with van der Waals surface area (Å²) < 4.78 is 19.0. The van der Waals surface area contributed by atoms with Gasteiger partial charge in [0.15, 0.2) is 0 Å². The first-order chi connectivity index (χ1) is 9.65. The number of halogens is 1. The van der Waals surface area contributed by atoms with Gasteiger partial charge < -0.3 is 15.8 Å². The van der Waals surface area contributed by atoms with Crippen molar-refractivity contribution >= 4 is 11.6 Å². The predicted molar refractivity (Wildman–Crippen MR) is 72.7 cm³/mol. The Bertz CT molecular complexity index is 673. The predicted octanol–water partition coefficient (Wildman–Crippen LogP) is 2.36. The van der Waals surface area contributed by atoms with Crippen molar-refractivity contribution in [2.24, 2.45) is 5.73 Å². The van der Waals surface area contributed by atoms with E-state index in [-0.39, 0.29) is 18.3 Å². The Kier molecular flexibility index (Phi) is 3.12. The van der Waals surface area contributed by atoms with E-state index in [2.05, 4.69) is 5.32 Å². The van der Waals surface area contributed by atoms with Crippen molar-refractivity contribution in [2.75, 3.05) is 5.32 Å². The average molecular weight is 272 g/mol. The zero-order chi connectivity index (χ0) is 14.1. The molecule has 0 bridgehead atoms. The lowest BCUT2D eigenvalue weighted by atomic mass is 10.1. The number of nitrogens with one attached hydrogen (secondary N) is 1. The molecule has 0 saturated carbocycles. The van der Waals surface area contributed by atoms with Gasteiger partial charge in [-0.3, -0.25) is 4.79 Å². The quantitative estimate of drug-likeness (QED) is 0.901. The number of nitrogens with two attached hydrogens (primary N) is 1. The molecular weight excluding hydrogens is 259 g/mol. The molecule has 3 N–H and O–H groups in total. The Hall–Kier alpha value is -2.40. The molecule has 1 amide bonds. The number of fused-ring (bicyclic) bond motifs is 1. The first-order valence-corrected chi connectivity index (χ1v) is 6.22. The van der Waals surface area contributed by atoms with E-state index >= 15 is 0 Å². The molecule has 2 aromatic carbocycles. The van der Waals surface area contributed by atoms with Crippen LogP contribution in [0.4, 0.5) is 10.1 Å². The molecule has 1 heterocycles. The second-order valence-electron chi connectivity index (χ2n) is 4.60. The Balaban J connectivity index is 1.76. The lowest BCUT2D eigenvalue weighted by Crippen LogP contribution is -2.19. The van der Waals surface area contributed by atoms with Gasteiger partial charge >= 0.3 is 0 Å². The molecule has 1 atom stereocenters. The highest BCUT2D eigenvalue weighted by Crippen LogP contribution is 2.32. The van der Waals surface area contributed by atoms with Gasteiger partial charge in [-0.1, -0.05) is 24.3 Å². The number of amides is 1. The molecule has 0 radical (unpaired) electrons. The molecular formula is C15H13FN2O2. The van der Waals surface area contributed by atoms with Gasteiger partial charge in [0.05, 0.1) is 0 Å². The van der Waals surface area contributed by atoms with E-state index in [0.717, 1.165) is 5.56 Å². The zero-order valence-corrected chi connectivity index (χ0v) is 10.6. The topological polar surface area (TPSA) is 64.4 Å². The maximum Gasteiger partial charge on any atom is 0.245 e. The molecule has 20 heavy (non-hydrogen) atoms. The number of rotatable bonds is 3. The summed E-state index contributed by atoms with van der Waals surface area (Å²) in [6.45, 7) is 0.130. The van der Waals surface area contributed by atoms with E-state index in [4.69, 9.17) is 10.5 Å². The third kappa shape index (κ3) is 2.23. The van der Waals surface area contributed by atoms with Gasteiger partial charge in [0.1, 0.15) is 24.2 Å². The molecule has 102 valence electrons. The van der Waals surface area contributed by atoms with E-state index in [1.165, 1.54) is 6.07 Å². The molecule has 0 aliphatic carbocycles. The fourth-order valence-corrected chi connectivity index (χ4v) is 2.13. The Morgan fingerprint density at radius 2 is 2.05 bits per heavy atom. The minimum absolute atomic E-state index is 0.130. The normalized spacial score (nSPS) is 16.7. The van der Waals surface area contributed by atoms with E-state index in [9.17, 15) is 9.18 Å². The van der Waals surface area contributed by atoms with Gasteiger partial charge in [0.2, 0.25) is 5.91 Å². The van der Waals surface area contributed by atoms with Crippen LogP contribution in [0.3, 0.4) is 0 Å². The van der Waals surface area contributed by atoms with Crippen molar-refractivity contribution in [2.45, 2.75) is 12.6 Å². The van der Waals surface area contributed by atoms with E-state index < -0.39 is 6.04 Å². The van der Waals surface area contributed by atoms with Gasteiger partial charge in [-0.25, -0.2) is 4.39 Å². The molecule has 1 aliphatic heterocycles. The van der Waals surface area contributed by atoms with Crippen LogP contribution >= 0.6 is 0 Å². The van der Waals surface area contributed by atoms with Crippen LogP contribution < -0.4 is 15.8 Å². The number of ether oxygens (including phenoxy) is 1. The number of hydrogen-bond donors (Lipinski definition) is 2. The molecule has 0 saturated heterocycles. The van der Waals surface area contributed by atoms with Crippen molar-refractivity contribution in [1.29, 1.82) is 0 Å². The molecule has 0 fully saturated rings. The van der Waals surface area contributed by atoms with Gasteiger partial charge in [0, 0.05) is 22.9 Å². The molecule has 3 rings (SSSR count). The number of carbonyl (C=O) groups excluding carboxylic acids is 1. The number of hydrogen-bond acceptors (Lipinski definition) is 3. The highest BCUT2D eigenvalue weighted by atomic mass is 19.1. The summed E-state index contributed by atoms with van der Waals surface area (Å²) >= 11 is 0. The van der Waals surface area contributed by atoms with Crippen LogP contribution in [0.1, 0.15) is 17.2 Å². The van der Waals surface area contributed by atoms with Crippen molar-refractivity contribution in [3.05, 3.63) is 59.4 Å². The third-order valence-corrected chi connectivity index (χ3v) is 3.25. The first kappa shape index (κ1) is 12.6. The minimum Gasteiger partial charge on any atom is -0.489 e. The summed E-state index contributed by atoms with van der Waals surface area (Å²) in [5.74, 6) is 0.0247. The molecule has 1 unspecified atom stereocenters. The number of anilines is 1. The summed E-state index contributed by atoms with van der Waals surface area (Å²) in [5.41, 5.74) is 7.59. The largest absolute Gasteiger partial charge is 0.489 e. The van der Waals surface area contributed by atoms with Crippen LogP contribution in [0, 0.1) is 5.82 Å². The summed E-state index contributed by atoms with van der Waals surface area (Å²) in [5, 5.41) is 2.68. The van der Waals surface area contributed by atoms with Gasteiger partial charge in [-0.2, -0.15) is 0 Å². The lowest BCUT2D eigenvalue weighted by Gasteiger charge is -2.09. The van der Waals surface area contributed by atoms with Crippen LogP contribution in [-0.4, -0.2) is 5.91 Å². The van der Waals surface area contributed by atoms with Gasteiger partial charge in [0.25, 0.3) is 0 Å². The standard InChI is InChI=1S/C15H13FN2O2/c16-12-4-2-1-3-9(12)8-20-10-5-6-11-13(7-10)18-15(19)14(11)17/h1-7,14H,8,17H2,(H,18,19). The Morgan fingerprint density at radius 1 is 1.25 bits per heavy atom. The fraction of sp³-hybridized carbons (Fsp3) is 0.133. The molecule has 4 nitrogen and oxygen atoms in total. The second kappa shape index (κ2) is 4.94. The van der Waals surface area contributed by atoms with Crippen LogP contribution in [0.2, 0.25) is 0 Å². The van der Waals surface area contributed by atoms with Crippen molar-refractivity contribution in [3.63, 3.8) is 0 Å². The van der Waals surface area contributed by atoms with Crippen LogP contribution in [0.15, 0.2) is 42.5 Å². The Morgan fingerprint density at radius 3 is 2.85 bits per heavy atom. The summed E-state index contributed by atoms with van der Waals surface area (Å²) in [6, 6.07) is 11.0. The monoisotopic (exact) mass is 272 g/mol. The highest BCUT2D eigenvalue weighted by Gasteiger charge is 2.27.